The summed E-state index contributed by atoms with van der Waals surface area (Å²) in [6.45, 7) is 0.573. The maximum absolute atomic E-state index is 12.9. The predicted molar refractivity (Wildman–Crippen MR) is 82.8 cm³/mol. The molecule has 0 bridgehead atoms. The number of nitrogens with zero attached hydrogens (tertiary/aromatic N) is 1. The maximum Gasteiger partial charge on any atom is 0.307 e. The fourth-order valence-electron chi connectivity index (χ4n) is 2.68. The van der Waals surface area contributed by atoms with Gasteiger partial charge in [0, 0.05) is 20.2 Å². The van der Waals surface area contributed by atoms with Crippen LogP contribution >= 0.6 is 0 Å². The zero-order chi connectivity index (χ0) is 17.0. The van der Waals surface area contributed by atoms with Gasteiger partial charge >= 0.3 is 5.97 Å². The summed E-state index contributed by atoms with van der Waals surface area (Å²) >= 11 is 0. The molecule has 23 heavy (non-hydrogen) atoms. The van der Waals surface area contributed by atoms with Gasteiger partial charge in [-0.1, -0.05) is 6.07 Å². The first-order valence-corrected chi connectivity index (χ1v) is 8.73. The molecule has 2 rings (SSSR count). The van der Waals surface area contributed by atoms with Gasteiger partial charge in [0.25, 0.3) is 0 Å². The normalized spacial score (nSPS) is 19.5. The monoisotopic (exact) mass is 343 g/mol. The first kappa shape index (κ1) is 17.7. The van der Waals surface area contributed by atoms with Crippen molar-refractivity contribution in [1.82, 2.24) is 4.31 Å². The van der Waals surface area contributed by atoms with Crippen LogP contribution in [0.1, 0.15) is 18.4 Å². The molecule has 1 atom stereocenters. The Morgan fingerprint density at radius 1 is 1.39 bits per heavy atom. The molecule has 0 spiro atoms. The molecule has 1 aliphatic rings. The van der Waals surface area contributed by atoms with Gasteiger partial charge in [-0.2, -0.15) is 4.31 Å². The SMILES string of the molecule is COCc1ccc(OC)c(S(=O)(=O)N2CCCC(C(=O)O)C2)c1. The molecule has 1 aromatic carbocycles. The second-order valence-corrected chi connectivity index (χ2v) is 7.37. The average molecular weight is 343 g/mol. The van der Waals surface area contributed by atoms with Gasteiger partial charge in [0.2, 0.25) is 10.0 Å². The van der Waals surface area contributed by atoms with Gasteiger partial charge in [0.15, 0.2) is 0 Å². The van der Waals surface area contributed by atoms with E-state index in [1.165, 1.54) is 24.6 Å². The maximum atomic E-state index is 12.9. The number of hydrogen-bond donors (Lipinski definition) is 1. The van der Waals surface area contributed by atoms with Crippen molar-refractivity contribution in [3.8, 4) is 5.75 Å². The molecule has 8 heteroatoms. The fourth-order valence-corrected chi connectivity index (χ4v) is 4.41. The lowest BCUT2D eigenvalue weighted by Gasteiger charge is -2.30. The van der Waals surface area contributed by atoms with Crippen LogP contribution < -0.4 is 4.74 Å². The molecule has 0 aromatic heterocycles. The molecular formula is C15H21NO6S. The fraction of sp³-hybridized carbons (Fsp3) is 0.533. The second-order valence-electron chi connectivity index (χ2n) is 5.46. The number of ether oxygens (including phenoxy) is 2. The summed E-state index contributed by atoms with van der Waals surface area (Å²) in [4.78, 5) is 11.2. The highest BCUT2D eigenvalue weighted by Crippen LogP contribution is 2.30. The first-order valence-electron chi connectivity index (χ1n) is 7.29. The van der Waals surface area contributed by atoms with E-state index < -0.39 is 21.9 Å². The third-order valence-electron chi connectivity index (χ3n) is 3.89. The van der Waals surface area contributed by atoms with Crippen LogP contribution in [0.3, 0.4) is 0 Å². The van der Waals surface area contributed by atoms with Crippen molar-refractivity contribution in [2.24, 2.45) is 5.92 Å². The molecule has 0 amide bonds. The van der Waals surface area contributed by atoms with Gasteiger partial charge in [-0.25, -0.2) is 8.42 Å². The van der Waals surface area contributed by atoms with Crippen LogP contribution in [0.4, 0.5) is 0 Å². The van der Waals surface area contributed by atoms with E-state index in [9.17, 15) is 13.2 Å². The van der Waals surface area contributed by atoms with E-state index in [1.807, 2.05) is 0 Å². The quantitative estimate of drug-likeness (QED) is 0.837. The van der Waals surface area contributed by atoms with E-state index in [1.54, 1.807) is 12.1 Å². The van der Waals surface area contributed by atoms with E-state index in [0.29, 0.717) is 24.9 Å². The Labute approximate surface area is 135 Å². The van der Waals surface area contributed by atoms with E-state index >= 15 is 0 Å². The second kappa shape index (κ2) is 7.29. The molecule has 1 unspecified atom stereocenters. The number of hydrogen-bond acceptors (Lipinski definition) is 5. The lowest BCUT2D eigenvalue weighted by molar-refractivity contribution is -0.142. The highest BCUT2D eigenvalue weighted by molar-refractivity contribution is 7.89. The highest BCUT2D eigenvalue weighted by atomic mass is 32.2. The average Bonchev–Trinajstić information content (AvgIpc) is 2.55. The largest absolute Gasteiger partial charge is 0.495 e. The summed E-state index contributed by atoms with van der Waals surface area (Å²) in [5.41, 5.74) is 0.707. The third-order valence-corrected chi connectivity index (χ3v) is 5.78. The molecule has 7 nitrogen and oxygen atoms in total. The van der Waals surface area contributed by atoms with Gasteiger partial charge in [-0.3, -0.25) is 4.79 Å². The van der Waals surface area contributed by atoms with Crippen molar-refractivity contribution in [1.29, 1.82) is 0 Å². The minimum atomic E-state index is -3.82. The molecule has 0 aliphatic carbocycles. The number of piperidine rings is 1. The molecule has 0 radical (unpaired) electrons. The van der Waals surface area contributed by atoms with Crippen molar-refractivity contribution in [3.63, 3.8) is 0 Å². The van der Waals surface area contributed by atoms with Crippen molar-refractivity contribution in [2.45, 2.75) is 24.3 Å². The molecule has 1 N–H and O–H groups in total. The zero-order valence-corrected chi connectivity index (χ0v) is 14.0. The molecular weight excluding hydrogens is 322 g/mol. The van der Waals surface area contributed by atoms with Crippen molar-refractivity contribution < 1.29 is 27.8 Å². The number of rotatable bonds is 6. The summed E-state index contributed by atoms with van der Waals surface area (Å²) in [6, 6.07) is 4.83. The van der Waals surface area contributed by atoms with E-state index in [-0.39, 0.29) is 23.8 Å². The number of carboxylic acids is 1. The van der Waals surface area contributed by atoms with Crippen molar-refractivity contribution >= 4 is 16.0 Å². The van der Waals surface area contributed by atoms with Crippen molar-refractivity contribution in [2.75, 3.05) is 27.3 Å². The lowest BCUT2D eigenvalue weighted by Crippen LogP contribution is -2.42. The first-order chi connectivity index (χ1) is 10.9. The smallest absolute Gasteiger partial charge is 0.307 e. The Bertz CT molecular complexity index is 673. The highest BCUT2D eigenvalue weighted by Gasteiger charge is 2.34. The van der Waals surface area contributed by atoms with Crippen LogP contribution in [-0.4, -0.2) is 51.1 Å². The summed E-state index contributed by atoms with van der Waals surface area (Å²) in [7, 11) is -0.891. The van der Waals surface area contributed by atoms with Gasteiger partial charge in [-0.15, -0.1) is 0 Å². The van der Waals surface area contributed by atoms with Crippen LogP contribution in [0.15, 0.2) is 23.1 Å². The van der Waals surface area contributed by atoms with Gasteiger partial charge in [0.05, 0.1) is 19.6 Å². The van der Waals surface area contributed by atoms with Gasteiger partial charge in [-0.05, 0) is 30.5 Å². The predicted octanol–water partition coefficient (Wildman–Crippen LogP) is 1.33. The summed E-state index contributed by atoms with van der Waals surface area (Å²) in [5.74, 6) is -1.40. The molecule has 0 saturated carbocycles. The number of aliphatic carboxylic acids is 1. The van der Waals surface area contributed by atoms with Crippen molar-refractivity contribution in [3.05, 3.63) is 23.8 Å². The van der Waals surface area contributed by atoms with Crippen LogP contribution in [0.25, 0.3) is 0 Å². The zero-order valence-electron chi connectivity index (χ0n) is 13.2. The van der Waals surface area contributed by atoms with Gasteiger partial charge < -0.3 is 14.6 Å². The number of methoxy groups -OCH3 is 2. The van der Waals surface area contributed by atoms with Gasteiger partial charge in [0.1, 0.15) is 10.6 Å². The standard InChI is InChI=1S/C15H21NO6S/c1-21-10-11-5-6-13(22-2)14(8-11)23(19,20)16-7-3-4-12(9-16)15(17)18/h5-6,8,12H,3-4,7,9-10H2,1-2H3,(H,17,18). The number of carboxylic acid groups (broad SMARTS) is 1. The lowest BCUT2D eigenvalue weighted by atomic mass is 10.0. The molecule has 1 saturated heterocycles. The summed E-state index contributed by atoms with van der Waals surface area (Å²) < 4.78 is 37.2. The molecule has 128 valence electrons. The van der Waals surface area contributed by atoms with Crippen LogP contribution in [0.5, 0.6) is 5.75 Å². The Kier molecular flexibility index (Phi) is 5.61. The minimum absolute atomic E-state index is 0.0185. The van der Waals surface area contributed by atoms with E-state index in [2.05, 4.69) is 0 Å². The van der Waals surface area contributed by atoms with Crippen LogP contribution in [-0.2, 0) is 26.2 Å². The van der Waals surface area contributed by atoms with Crippen LogP contribution in [0, 0.1) is 5.92 Å². The third kappa shape index (κ3) is 3.82. The van der Waals surface area contributed by atoms with E-state index in [0.717, 1.165) is 0 Å². The van der Waals surface area contributed by atoms with Crippen LogP contribution in [0.2, 0.25) is 0 Å². The molecule has 1 heterocycles. The number of sulfonamides is 1. The topological polar surface area (TPSA) is 93.1 Å². The molecule has 1 aliphatic heterocycles. The molecule has 1 aromatic rings. The Hall–Kier alpha value is -1.64. The number of carbonyl (C=O) groups is 1. The minimum Gasteiger partial charge on any atom is -0.495 e. The Morgan fingerprint density at radius 2 is 2.13 bits per heavy atom. The Balaban J connectivity index is 2.38. The Morgan fingerprint density at radius 3 is 2.74 bits per heavy atom. The number of benzene rings is 1. The summed E-state index contributed by atoms with van der Waals surface area (Å²) in [6.07, 6.45) is 1.01. The molecule has 1 fully saturated rings. The summed E-state index contributed by atoms with van der Waals surface area (Å²) in [5, 5.41) is 9.14. The van der Waals surface area contributed by atoms with E-state index in [4.69, 9.17) is 14.6 Å².